The van der Waals surface area contributed by atoms with E-state index in [0.717, 1.165) is 41.4 Å². The van der Waals surface area contributed by atoms with E-state index in [1.807, 2.05) is 0 Å². The maximum atomic E-state index is 2.59. The van der Waals surface area contributed by atoms with Crippen molar-refractivity contribution >= 4 is 0 Å². The van der Waals surface area contributed by atoms with E-state index in [2.05, 4.69) is 48.5 Å². The lowest BCUT2D eigenvalue weighted by molar-refractivity contribution is 0.245. The molecule has 31 heavy (non-hydrogen) atoms. The molecule has 1 aliphatic carbocycles. The Hall–Kier alpha value is 0. The van der Waals surface area contributed by atoms with Gasteiger partial charge in [0.2, 0.25) is 0 Å². The molecule has 0 aliphatic heterocycles. The average Bonchev–Trinajstić information content (AvgIpc) is 2.94. The van der Waals surface area contributed by atoms with Crippen LogP contribution in [0.3, 0.4) is 0 Å². The molecule has 0 bridgehead atoms. The Bertz CT molecular complexity index is 397. The minimum atomic E-state index is 0.849. The molecule has 1 aliphatic rings. The minimum absolute atomic E-state index is 0.849. The third kappa shape index (κ3) is 14.0. The summed E-state index contributed by atoms with van der Waals surface area (Å²) in [5.41, 5.74) is 0. The van der Waals surface area contributed by atoms with Crippen molar-refractivity contribution in [1.29, 1.82) is 0 Å². The molecule has 0 amide bonds. The van der Waals surface area contributed by atoms with Gasteiger partial charge < -0.3 is 0 Å². The highest BCUT2D eigenvalue weighted by molar-refractivity contribution is 4.74. The highest BCUT2D eigenvalue weighted by atomic mass is 14.3. The van der Waals surface area contributed by atoms with Gasteiger partial charge in [-0.2, -0.15) is 0 Å². The summed E-state index contributed by atoms with van der Waals surface area (Å²) in [6.07, 6.45) is 25.1. The van der Waals surface area contributed by atoms with Crippen LogP contribution in [0.4, 0.5) is 0 Å². The van der Waals surface area contributed by atoms with Gasteiger partial charge in [-0.25, -0.2) is 0 Å². The maximum Gasteiger partial charge on any atom is -0.0388 e. The molecule has 1 fully saturated rings. The fourth-order valence-corrected chi connectivity index (χ4v) is 6.10. The lowest BCUT2D eigenvalue weighted by Crippen LogP contribution is -2.15. The van der Waals surface area contributed by atoms with Crippen LogP contribution in [-0.2, 0) is 0 Å². The summed E-state index contributed by atoms with van der Waals surface area (Å²) < 4.78 is 0. The summed E-state index contributed by atoms with van der Waals surface area (Å²) in [7, 11) is 0. The number of hydrogen-bond acceptors (Lipinski definition) is 0. The average molecular weight is 435 g/mol. The fourth-order valence-electron chi connectivity index (χ4n) is 6.10. The summed E-state index contributed by atoms with van der Waals surface area (Å²) >= 11 is 0. The van der Waals surface area contributed by atoms with Gasteiger partial charge in [0.15, 0.2) is 0 Å². The van der Waals surface area contributed by atoms with Crippen molar-refractivity contribution < 1.29 is 0 Å². The summed E-state index contributed by atoms with van der Waals surface area (Å²) in [5, 5.41) is 0. The first kappa shape index (κ1) is 29.0. The molecular formula is C31H62. The second-order valence-electron chi connectivity index (χ2n) is 12.5. The highest BCUT2D eigenvalue weighted by Crippen LogP contribution is 2.35. The van der Waals surface area contributed by atoms with Crippen LogP contribution in [0.1, 0.15) is 158 Å². The zero-order valence-corrected chi connectivity index (χ0v) is 23.1. The molecule has 1 rings (SSSR count). The molecule has 0 saturated heterocycles. The molecule has 0 heterocycles. The smallest absolute Gasteiger partial charge is 0.0388 e. The van der Waals surface area contributed by atoms with Crippen LogP contribution in [0.2, 0.25) is 0 Å². The molecule has 0 aromatic rings. The van der Waals surface area contributed by atoms with Crippen LogP contribution < -0.4 is 0 Å². The topological polar surface area (TPSA) is 0 Å². The number of rotatable bonds is 17. The molecule has 0 spiro atoms. The van der Waals surface area contributed by atoms with E-state index in [4.69, 9.17) is 0 Å². The van der Waals surface area contributed by atoms with Crippen molar-refractivity contribution in [2.75, 3.05) is 0 Å². The first-order chi connectivity index (χ1) is 14.8. The Labute approximate surface area is 199 Å². The van der Waals surface area contributed by atoms with Crippen LogP contribution in [0.15, 0.2) is 0 Å². The molecule has 6 atom stereocenters. The highest BCUT2D eigenvalue weighted by Gasteiger charge is 2.22. The van der Waals surface area contributed by atoms with Gasteiger partial charge >= 0.3 is 0 Å². The summed E-state index contributed by atoms with van der Waals surface area (Å²) in [4.78, 5) is 0. The Balaban J connectivity index is 2.40. The minimum Gasteiger partial charge on any atom is -0.0654 e. The molecule has 0 radical (unpaired) electrons. The van der Waals surface area contributed by atoms with Crippen molar-refractivity contribution in [2.45, 2.75) is 158 Å². The van der Waals surface area contributed by atoms with E-state index >= 15 is 0 Å². The molecule has 0 nitrogen and oxygen atoms in total. The van der Waals surface area contributed by atoms with E-state index in [9.17, 15) is 0 Å². The van der Waals surface area contributed by atoms with Crippen molar-refractivity contribution in [3.63, 3.8) is 0 Å². The van der Waals surface area contributed by atoms with Crippen molar-refractivity contribution in [3.05, 3.63) is 0 Å². The second kappa shape index (κ2) is 17.5. The van der Waals surface area contributed by atoms with Gasteiger partial charge in [-0.3, -0.25) is 0 Å². The first-order valence-corrected chi connectivity index (χ1v) is 14.8. The normalized spacial score (nSPS) is 24.0. The SMILES string of the molecule is CCCCCC(C)C(CCCC(C)CCCC(C)C(C)C)CCC1CCCCC(C)C1. The lowest BCUT2D eigenvalue weighted by atomic mass is 9.79. The van der Waals surface area contributed by atoms with Gasteiger partial charge in [-0.15, -0.1) is 0 Å². The Morgan fingerprint density at radius 2 is 1.32 bits per heavy atom. The van der Waals surface area contributed by atoms with Gasteiger partial charge in [0.05, 0.1) is 0 Å². The molecule has 186 valence electrons. The Morgan fingerprint density at radius 1 is 0.677 bits per heavy atom. The summed E-state index contributed by atoms with van der Waals surface area (Å²) in [6, 6.07) is 0. The standard InChI is InChI=1S/C31H62/c1-8-9-10-18-29(7)31(23-22-30-20-12-11-15-27(5)24-30)21-14-17-26(4)16-13-19-28(6)25(2)3/h25-31H,8-24H2,1-7H3. The Kier molecular flexibility index (Phi) is 16.4. The van der Waals surface area contributed by atoms with Crippen LogP contribution >= 0.6 is 0 Å². The first-order valence-electron chi connectivity index (χ1n) is 14.8. The quantitative estimate of drug-likeness (QED) is 0.158. The molecular weight excluding hydrogens is 372 g/mol. The van der Waals surface area contributed by atoms with Crippen molar-refractivity contribution in [1.82, 2.24) is 0 Å². The third-order valence-corrected chi connectivity index (χ3v) is 9.07. The molecule has 0 aromatic heterocycles. The van der Waals surface area contributed by atoms with Gasteiger partial charge in [-0.05, 0) is 54.3 Å². The molecule has 6 unspecified atom stereocenters. The zero-order chi connectivity index (χ0) is 23.1. The van der Waals surface area contributed by atoms with E-state index in [1.165, 1.54) is 109 Å². The van der Waals surface area contributed by atoms with E-state index in [-0.39, 0.29) is 0 Å². The van der Waals surface area contributed by atoms with Crippen LogP contribution in [0.5, 0.6) is 0 Å². The molecule has 0 aromatic carbocycles. The van der Waals surface area contributed by atoms with Gasteiger partial charge in [-0.1, -0.05) is 145 Å². The summed E-state index contributed by atoms with van der Waals surface area (Å²) in [5.74, 6) is 6.62. The van der Waals surface area contributed by atoms with Gasteiger partial charge in [0.1, 0.15) is 0 Å². The van der Waals surface area contributed by atoms with Crippen LogP contribution in [0, 0.1) is 41.4 Å². The summed E-state index contributed by atoms with van der Waals surface area (Å²) in [6.45, 7) is 17.2. The van der Waals surface area contributed by atoms with E-state index in [0.29, 0.717) is 0 Å². The maximum absolute atomic E-state index is 2.59. The molecule has 1 saturated carbocycles. The largest absolute Gasteiger partial charge is 0.0654 e. The number of unbranched alkanes of at least 4 members (excludes halogenated alkanes) is 2. The fraction of sp³-hybridized carbons (Fsp3) is 1.00. The van der Waals surface area contributed by atoms with Crippen molar-refractivity contribution in [2.24, 2.45) is 41.4 Å². The monoisotopic (exact) mass is 434 g/mol. The van der Waals surface area contributed by atoms with Gasteiger partial charge in [0.25, 0.3) is 0 Å². The third-order valence-electron chi connectivity index (χ3n) is 9.07. The molecule has 0 heteroatoms. The van der Waals surface area contributed by atoms with Crippen LogP contribution in [0.25, 0.3) is 0 Å². The van der Waals surface area contributed by atoms with E-state index < -0.39 is 0 Å². The predicted octanol–water partition coefficient (Wildman–Crippen LogP) is 11.1. The van der Waals surface area contributed by atoms with Crippen molar-refractivity contribution in [3.8, 4) is 0 Å². The van der Waals surface area contributed by atoms with E-state index in [1.54, 1.807) is 0 Å². The lowest BCUT2D eigenvalue weighted by Gasteiger charge is -2.27. The van der Waals surface area contributed by atoms with Gasteiger partial charge in [0, 0.05) is 0 Å². The Morgan fingerprint density at radius 3 is 2.00 bits per heavy atom. The second-order valence-corrected chi connectivity index (χ2v) is 12.5. The zero-order valence-electron chi connectivity index (χ0n) is 23.1. The number of hydrogen-bond donors (Lipinski definition) is 0. The predicted molar refractivity (Wildman–Crippen MR) is 143 cm³/mol. The van der Waals surface area contributed by atoms with Crippen LogP contribution in [-0.4, -0.2) is 0 Å². The molecule has 0 N–H and O–H groups in total.